The fraction of sp³-hybridized carbons (Fsp3) is 0.444. The van der Waals surface area contributed by atoms with E-state index < -0.39 is 5.82 Å². The summed E-state index contributed by atoms with van der Waals surface area (Å²) in [6.07, 6.45) is 4.09. The topological polar surface area (TPSA) is 47.4 Å². The Bertz CT molecular complexity index is 760. The maximum absolute atomic E-state index is 13.9. The zero-order valence-electron chi connectivity index (χ0n) is 13.6. The number of fused-ring (bicyclic) bond motifs is 1. The van der Waals surface area contributed by atoms with Crippen molar-refractivity contribution in [2.45, 2.75) is 32.5 Å². The first-order valence-corrected chi connectivity index (χ1v) is 8.32. The molecule has 3 heterocycles. The van der Waals surface area contributed by atoms with Crippen LogP contribution in [0.3, 0.4) is 0 Å². The zero-order chi connectivity index (χ0) is 16.7. The predicted octanol–water partition coefficient (Wildman–Crippen LogP) is 2.47. The quantitative estimate of drug-likeness (QED) is 0.869. The standard InChI is InChI=1S/C18H20FN3O2/c1-12-8-15(12)18(23)22-9-13-4-3-7-21(13)10-14(11-22)24-17-16(19)5-2-6-20-17/h2-7,12,14-15H,8-11H2,1H3/t12-,14-,15+/m1/s1. The largest absolute Gasteiger partial charge is 0.468 e. The minimum absolute atomic E-state index is 0.00899. The van der Waals surface area contributed by atoms with Crippen molar-refractivity contribution < 1.29 is 13.9 Å². The molecule has 1 amide bonds. The van der Waals surface area contributed by atoms with E-state index in [0.717, 1.165) is 12.1 Å². The summed E-state index contributed by atoms with van der Waals surface area (Å²) in [5.74, 6) is 0.264. The van der Waals surface area contributed by atoms with Gasteiger partial charge in [0.05, 0.1) is 19.6 Å². The Morgan fingerprint density at radius 1 is 1.33 bits per heavy atom. The molecule has 0 bridgehead atoms. The summed E-state index contributed by atoms with van der Waals surface area (Å²) in [6, 6.07) is 6.83. The molecule has 1 aliphatic heterocycles. The van der Waals surface area contributed by atoms with Gasteiger partial charge in [-0.25, -0.2) is 9.37 Å². The number of pyridine rings is 1. The number of rotatable bonds is 3. The highest BCUT2D eigenvalue weighted by Crippen LogP contribution is 2.39. The molecule has 0 unspecified atom stereocenters. The van der Waals surface area contributed by atoms with Crippen LogP contribution in [0.4, 0.5) is 4.39 Å². The third-order valence-electron chi connectivity index (χ3n) is 4.84. The molecule has 3 atom stereocenters. The maximum atomic E-state index is 13.9. The molecule has 2 aromatic rings. The maximum Gasteiger partial charge on any atom is 0.250 e. The average Bonchev–Trinajstić information content (AvgIpc) is 3.19. The normalized spacial score (nSPS) is 25.8. The summed E-state index contributed by atoms with van der Waals surface area (Å²) >= 11 is 0. The van der Waals surface area contributed by atoms with Crippen molar-refractivity contribution in [2.24, 2.45) is 11.8 Å². The number of amides is 1. The Morgan fingerprint density at radius 3 is 2.92 bits per heavy atom. The lowest BCUT2D eigenvalue weighted by atomic mass is 10.2. The van der Waals surface area contributed by atoms with Crippen LogP contribution in [-0.4, -0.2) is 33.0 Å². The first kappa shape index (κ1) is 15.2. The van der Waals surface area contributed by atoms with Crippen molar-refractivity contribution in [3.05, 3.63) is 48.2 Å². The van der Waals surface area contributed by atoms with Crippen LogP contribution in [0.15, 0.2) is 36.7 Å². The molecule has 0 aromatic carbocycles. The fourth-order valence-corrected chi connectivity index (χ4v) is 3.31. The van der Waals surface area contributed by atoms with Crippen LogP contribution in [0.1, 0.15) is 19.0 Å². The van der Waals surface area contributed by atoms with Gasteiger partial charge >= 0.3 is 0 Å². The second-order valence-corrected chi connectivity index (χ2v) is 6.72. The summed E-state index contributed by atoms with van der Waals surface area (Å²) in [5, 5.41) is 0. The lowest BCUT2D eigenvalue weighted by Crippen LogP contribution is -2.39. The first-order valence-electron chi connectivity index (χ1n) is 8.32. The van der Waals surface area contributed by atoms with Crippen molar-refractivity contribution in [1.82, 2.24) is 14.5 Å². The molecule has 0 N–H and O–H groups in total. The van der Waals surface area contributed by atoms with Crippen LogP contribution < -0.4 is 4.74 Å². The van der Waals surface area contributed by atoms with Gasteiger partial charge < -0.3 is 14.2 Å². The molecule has 4 rings (SSSR count). The van der Waals surface area contributed by atoms with Crippen molar-refractivity contribution in [3.63, 3.8) is 0 Å². The Kier molecular flexibility index (Phi) is 3.75. The van der Waals surface area contributed by atoms with Crippen LogP contribution in [0.25, 0.3) is 0 Å². The summed E-state index contributed by atoms with van der Waals surface area (Å²) < 4.78 is 21.7. The van der Waals surface area contributed by atoms with Crippen LogP contribution in [0, 0.1) is 17.7 Å². The Labute approximate surface area is 140 Å². The van der Waals surface area contributed by atoms with Crippen molar-refractivity contribution >= 4 is 5.91 Å². The van der Waals surface area contributed by atoms with E-state index in [0.29, 0.717) is 25.6 Å². The number of carbonyl (C=O) groups is 1. The molecule has 1 aliphatic carbocycles. The van der Waals surface area contributed by atoms with E-state index in [1.807, 2.05) is 23.2 Å². The number of halogens is 1. The second kappa shape index (κ2) is 5.92. The monoisotopic (exact) mass is 329 g/mol. The van der Waals surface area contributed by atoms with E-state index >= 15 is 0 Å². The Morgan fingerprint density at radius 2 is 2.17 bits per heavy atom. The van der Waals surface area contributed by atoms with Gasteiger partial charge in [-0.3, -0.25) is 4.79 Å². The molecule has 0 spiro atoms. The van der Waals surface area contributed by atoms with Gasteiger partial charge in [0, 0.05) is 24.0 Å². The summed E-state index contributed by atoms with van der Waals surface area (Å²) in [4.78, 5) is 18.5. The molecular formula is C18H20FN3O2. The summed E-state index contributed by atoms with van der Waals surface area (Å²) in [7, 11) is 0. The van der Waals surface area contributed by atoms with Crippen molar-refractivity contribution in [1.29, 1.82) is 0 Å². The van der Waals surface area contributed by atoms with Gasteiger partial charge in [0.1, 0.15) is 6.10 Å². The van der Waals surface area contributed by atoms with Gasteiger partial charge in [0.2, 0.25) is 5.91 Å². The number of aromatic nitrogens is 2. The number of nitrogens with zero attached hydrogens (tertiary/aromatic N) is 3. The van der Waals surface area contributed by atoms with E-state index in [-0.39, 0.29) is 23.8 Å². The molecule has 1 fully saturated rings. The molecule has 6 heteroatoms. The molecular weight excluding hydrogens is 309 g/mol. The molecule has 1 saturated carbocycles. The molecule has 0 radical (unpaired) electrons. The fourth-order valence-electron chi connectivity index (χ4n) is 3.31. The van der Waals surface area contributed by atoms with E-state index in [9.17, 15) is 9.18 Å². The van der Waals surface area contributed by atoms with Gasteiger partial charge in [0.15, 0.2) is 5.82 Å². The average molecular weight is 329 g/mol. The van der Waals surface area contributed by atoms with Crippen LogP contribution in [-0.2, 0) is 17.9 Å². The van der Waals surface area contributed by atoms with E-state index in [1.165, 1.54) is 18.3 Å². The number of hydrogen-bond acceptors (Lipinski definition) is 3. The number of hydrogen-bond donors (Lipinski definition) is 0. The molecule has 126 valence electrons. The smallest absolute Gasteiger partial charge is 0.250 e. The molecule has 2 aromatic heterocycles. The van der Waals surface area contributed by atoms with Gasteiger partial charge in [-0.1, -0.05) is 6.92 Å². The molecule has 24 heavy (non-hydrogen) atoms. The van der Waals surface area contributed by atoms with Crippen LogP contribution in [0.2, 0.25) is 0 Å². The van der Waals surface area contributed by atoms with Crippen LogP contribution in [0.5, 0.6) is 5.88 Å². The molecule has 0 saturated heterocycles. The van der Waals surface area contributed by atoms with Gasteiger partial charge in [0.25, 0.3) is 5.88 Å². The highest BCUT2D eigenvalue weighted by Gasteiger charge is 2.42. The summed E-state index contributed by atoms with van der Waals surface area (Å²) in [6.45, 7) is 3.68. The second-order valence-electron chi connectivity index (χ2n) is 6.72. The third kappa shape index (κ3) is 2.88. The third-order valence-corrected chi connectivity index (χ3v) is 4.84. The zero-order valence-corrected chi connectivity index (χ0v) is 13.6. The SMILES string of the molecule is C[C@@H]1C[C@@H]1C(=O)N1Cc2cccn2C[C@@H](Oc2ncccc2F)C1. The lowest BCUT2D eigenvalue weighted by molar-refractivity contribution is -0.134. The van der Waals surface area contributed by atoms with Crippen LogP contribution >= 0.6 is 0 Å². The molecule has 5 nitrogen and oxygen atoms in total. The minimum Gasteiger partial charge on any atom is -0.468 e. The highest BCUT2D eigenvalue weighted by molar-refractivity contribution is 5.81. The number of ether oxygens (including phenoxy) is 1. The van der Waals surface area contributed by atoms with E-state index in [4.69, 9.17) is 4.74 Å². The minimum atomic E-state index is -0.483. The first-order chi connectivity index (χ1) is 11.6. The Hall–Kier alpha value is -2.37. The summed E-state index contributed by atoms with van der Waals surface area (Å²) in [5.41, 5.74) is 1.07. The highest BCUT2D eigenvalue weighted by atomic mass is 19.1. The van der Waals surface area contributed by atoms with Crippen molar-refractivity contribution in [2.75, 3.05) is 6.54 Å². The Balaban J connectivity index is 1.57. The van der Waals surface area contributed by atoms with Crippen molar-refractivity contribution in [3.8, 4) is 5.88 Å². The predicted molar refractivity (Wildman–Crippen MR) is 85.7 cm³/mol. The van der Waals surface area contributed by atoms with Gasteiger partial charge in [-0.05, 0) is 36.6 Å². The van der Waals surface area contributed by atoms with E-state index in [1.54, 1.807) is 0 Å². The lowest BCUT2D eigenvalue weighted by Gasteiger charge is -2.24. The van der Waals surface area contributed by atoms with Gasteiger partial charge in [-0.2, -0.15) is 0 Å². The van der Waals surface area contributed by atoms with Gasteiger partial charge in [-0.15, -0.1) is 0 Å². The number of carbonyl (C=O) groups excluding carboxylic acids is 1. The molecule has 2 aliphatic rings. The van der Waals surface area contributed by atoms with E-state index in [2.05, 4.69) is 16.5 Å².